The topological polar surface area (TPSA) is 67.5 Å². The maximum atomic E-state index is 12.4. The number of carbonyl (C=O) groups is 1. The monoisotopic (exact) mass is 315 g/mol. The number of rotatable bonds is 2. The first-order valence-electron chi connectivity index (χ1n) is 7.24. The zero-order chi connectivity index (χ0) is 14.1. The van der Waals surface area contributed by atoms with Crippen molar-refractivity contribution in [3.8, 4) is 0 Å². The predicted molar refractivity (Wildman–Crippen MR) is 79.5 cm³/mol. The molecule has 7 heteroatoms. The van der Waals surface area contributed by atoms with Gasteiger partial charge >= 0.3 is 6.09 Å². The molecule has 1 N–H and O–H groups in total. The van der Waals surface area contributed by atoms with Gasteiger partial charge in [0.25, 0.3) is 0 Å². The highest BCUT2D eigenvalue weighted by Gasteiger charge is 2.36. The summed E-state index contributed by atoms with van der Waals surface area (Å²) in [5.41, 5.74) is 2.11. The van der Waals surface area contributed by atoms with E-state index in [4.69, 9.17) is 9.47 Å². The number of nitrogens with one attached hydrogen (secondary N) is 1. The molecule has 3 heterocycles. The number of amides is 1. The lowest BCUT2D eigenvalue weighted by atomic mass is 9.94. The van der Waals surface area contributed by atoms with Gasteiger partial charge in [0, 0.05) is 25.1 Å². The predicted octanol–water partition coefficient (Wildman–Crippen LogP) is 2.31. The molecular formula is C14H22ClN3O3. The highest BCUT2D eigenvalue weighted by Crippen LogP contribution is 2.33. The Morgan fingerprint density at radius 1 is 1.57 bits per heavy atom. The largest absolute Gasteiger partial charge is 0.444 e. The minimum Gasteiger partial charge on any atom is -0.444 e. The molecule has 2 aliphatic rings. The van der Waals surface area contributed by atoms with Gasteiger partial charge in [0.1, 0.15) is 6.10 Å². The molecule has 0 bridgehead atoms. The summed E-state index contributed by atoms with van der Waals surface area (Å²) in [5.74, 6) is 0.296. The van der Waals surface area contributed by atoms with Gasteiger partial charge in [-0.2, -0.15) is 0 Å². The molecule has 1 aromatic heterocycles. The maximum absolute atomic E-state index is 12.4. The first kappa shape index (κ1) is 16.1. The van der Waals surface area contributed by atoms with Gasteiger partial charge < -0.3 is 14.5 Å². The second-order valence-corrected chi connectivity index (χ2v) is 5.77. The minimum atomic E-state index is -0.243. The van der Waals surface area contributed by atoms with E-state index in [0.29, 0.717) is 25.7 Å². The number of carbonyl (C=O) groups excluding carboxylic acids is 1. The Morgan fingerprint density at radius 2 is 2.38 bits per heavy atom. The summed E-state index contributed by atoms with van der Waals surface area (Å²) < 4.78 is 10.8. The second kappa shape index (κ2) is 6.66. The molecule has 0 aromatic carbocycles. The van der Waals surface area contributed by atoms with Crippen molar-refractivity contribution >= 4 is 18.5 Å². The van der Waals surface area contributed by atoms with Gasteiger partial charge in [-0.3, -0.25) is 4.90 Å². The molecule has 118 valence electrons. The standard InChI is InChI=1S/C14H21N3O3.ClH/c1-9(2)13-12-11(15-8-16-12)3-5-17(13)14(18)20-10-4-6-19-7-10;/h8-10,13H,3-7H2,1-2H3,(H,15,16);1H/t10-,13-;/m0./s1. The van der Waals surface area contributed by atoms with Crippen molar-refractivity contribution in [2.24, 2.45) is 5.92 Å². The van der Waals surface area contributed by atoms with Crippen molar-refractivity contribution in [1.29, 1.82) is 0 Å². The molecule has 0 radical (unpaired) electrons. The highest BCUT2D eigenvalue weighted by molar-refractivity contribution is 5.85. The molecule has 2 atom stereocenters. The van der Waals surface area contributed by atoms with E-state index in [1.165, 1.54) is 0 Å². The first-order valence-corrected chi connectivity index (χ1v) is 7.24. The quantitative estimate of drug-likeness (QED) is 0.909. The fourth-order valence-electron chi connectivity index (χ4n) is 3.00. The zero-order valence-corrected chi connectivity index (χ0v) is 13.2. The maximum Gasteiger partial charge on any atom is 0.410 e. The zero-order valence-electron chi connectivity index (χ0n) is 12.4. The Labute approximate surface area is 130 Å². The normalized spacial score (nSPS) is 24.6. The summed E-state index contributed by atoms with van der Waals surface area (Å²) in [6, 6.07) is -0.0141. The number of H-pyrrole nitrogens is 1. The van der Waals surface area contributed by atoms with Crippen LogP contribution in [0.1, 0.15) is 37.7 Å². The number of nitrogens with zero attached hydrogens (tertiary/aromatic N) is 2. The summed E-state index contributed by atoms with van der Waals surface area (Å²) in [5, 5.41) is 0. The molecule has 21 heavy (non-hydrogen) atoms. The van der Waals surface area contributed by atoms with Crippen LogP contribution in [0.25, 0.3) is 0 Å². The van der Waals surface area contributed by atoms with Gasteiger partial charge in [-0.25, -0.2) is 9.78 Å². The summed E-state index contributed by atoms with van der Waals surface area (Å²) in [4.78, 5) is 21.8. The number of imidazole rings is 1. The molecule has 3 rings (SSSR count). The average Bonchev–Trinajstić information content (AvgIpc) is 3.06. The van der Waals surface area contributed by atoms with E-state index in [0.717, 1.165) is 24.2 Å². The number of hydrogen-bond acceptors (Lipinski definition) is 4. The van der Waals surface area contributed by atoms with Gasteiger partial charge in [0.15, 0.2) is 0 Å². The van der Waals surface area contributed by atoms with Gasteiger partial charge in [0.05, 0.1) is 31.3 Å². The molecule has 0 aliphatic carbocycles. The number of aromatic nitrogens is 2. The molecule has 1 amide bonds. The van der Waals surface area contributed by atoms with E-state index >= 15 is 0 Å². The molecule has 6 nitrogen and oxygen atoms in total. The lowest BCUT2D eigenvalue weighted by molar-refractivity contribution is 0.0344. The van der Waals surface area contributed by atoms with Crippen LogP contribution in [0.3, 0.4) is 0 Å². The van der Waals surface area contributed by atoms with Crippen molar-refractivity contribution in [2.75, 3.05) is 19.8 Å². The van der Waals surface area contributed by atoms with Crippen LogP contribution in [0, 0.1) is 5.92 Å². The molecule has 1 saturated heterocycles. The summed E-state index contributed by atoms with van der Waals surface area (Å²) in [6.45, 7) is 6.07. The molecule has 0 spiro atoms. The highest BCUT2D eigenvalue weighted by atomic mass is 35.5. The fraction of sp³-hybridized carbons (Fsp3) is 0.714. The Balaban J connectivity index is 0.00000161. The summed E-state index contributed by atoms with van der Waals surface area (Å²) in [7, 11) is 0. The van der Waals surface area contributed by atoms with Gasteiger partial charge in [-0.15, -0.1) is 12.4 Å². The molecule has 2 aliphatic heterocycles. The van der Waals surface area contributed by atoms with E-state index in [2.05, 4.69) is 23.8 Å². The van der Waals surface area contributed by atoms with Crippen molar-refractivity contribution in [3.63, 3.8) is 0 Å². The van der Waals surface area contributed by atoms with Crippen molar-refractivity contribution in [1.82, 2.24) is 14.9 Å². The van der Waals surface area contributed by atoms with E-state index in [1.54, 1.807) is 6.33 Å². The van der Waals surface area contributed by atoms with Crippen molar-refractivity contribution in [2.45, 2.75) is 38.8 Å². The molecular weight excluding hydrogens is 294 g/mol. The van der Waals surface area contributed by atoms with E-state index in [-0.39, 0.29) is 30.6 Å². The number of ether oxygens (including phenoxy) is 2. The van der Waals surface area contributed by atoms with Crippen LogP contribution in [0.15, 0.2) is 6.33 Å². The Bertz CT molecular complexity index is 486. The van der Waals surface area contributed by atoms with Gasteiger partial charge in [0.2, 0.25) is 0 Å². The van der Waals surface area contributed by atoms with Crippen LogP contribution in [0.2, 0.25) is 0 Å². The first-order chi connectivity index (χ1) is 9.66. The number of halogens is 1. The van der Waals surface area contributed by atoms with Crippen molar-refractivity contribution in [3.05, 3.63) is 17.7 Å². The van der Waals surface area contributed by atoms with E-state index in [1.807, 2.05) is 4.90 Å². The molecule has 0 saturated carbocycles. The van der Waals surface area contributed by atoms with Crippen LogP contribution in [-0.4, -0.2) is 46.8 Å². The average molecular weight is 316 g/mol. The molecule has 1 aromatic rings. The fourth-order valence-corrected chi connectivity index (χ4v) is 3.00. The lowest BCUT2D eigenvalue weighted by Gasteiger charge is -2.36. The SMILES string of the molecule is CC(C)[C@H]1c2nc[nH]c2CCN1C(=O)O[C@H]1CCOC1.Cl. The molecule has 0 unspecified atom stereocenters. The van der Waals surface area contributed by atoms with Crippen LogP contribution in [-0.2, 0) is 15.9 Å². The smallest absolute Gasteiger partial charge is 0.410 e. The lowest BCUT2D eigenvalue weighted by Crippen LogP contribution is -2.43. The number of aromatic amines is 1. The molecule has 1 fully saturated rings. The minimum absolute atomic E-state index is 0. The van der Waals surface area contributed by atoms with Crippen LogP contribution in [0.5, 0.6) is 0 Å². The Hall–Kier alpha value is -1.27. The van der Waals surface area contributed by atoms with Gasteiger partial charge in [-0.1, -0.05) is 13.8 Å². The van der Waals surface area contributed by atoms with Crippen molar-refractivity contribution < 1.29 is 14.3 Å². The van der Waals surface area contributed by atoms with E-state index in [9.17, 15) is 4.79 Å². The number of hydrogen-bond donors (Lipinski definition) is 1. The van der Waals surface area contributed by atoms with Crippen LogP contribution in [0.4, 0.5) is 4.79 Å². The van der Waals surface area contributed by atoms with Crippen LogP contribution < -0.4 is 0 Å². The third-order valence-electron chi connectivity index (χ3n) is 3.99. The summed E-state index contributed by atoms with van der Waals surface area (Å²) in [6.07, 6.45) is 2.96. The second-order valence-electron chi connectivity index (χ2n) is 5.77. The third kappa shape index (κ3) is 3.16. The third-order valence-corrected chi connectivity index (χ3v) is 3.99. The van der Waals surface area contributed by atoms with E-state index < -0.39 is 0 Å². The van der Waals surface area contributed by atoms with Crippen LogP contribution >= 0.6 is 12.4 Å². The Kier molecular flexibility index (Phi) is 5.11. The summed E-state index contributed by atoms with van der Waals surface area (Å²) >= 11 is 0. The Morgan fingerprint density at radius 3 is 3.05 bits per heavy atom. The number of fused-ring (bicyclic) bond motifs is 1. The van der Waals surface area contributed by atoms with Gasteiger partial charge in [-0.05, 0) is 5.92 Å².